The van der Waals surface area contributed by atoms with E-state index < -0.39 is 0 Å². The third-order valence-electron chi connectivity index (χ3n) is 4.18. The van der Waals surface area contributed by atoms with Crippen LogP contribution in [0, 0.1) is 0 Å². The molecule has 4 rings (SSSR count). The number of hydrogen-bond donors (Lipinski definition) is 3. The fourth-order valence-corrected chi connectivity index (χ4v) is 3.24. The molecule has 4 aromatic rings. The summed E-state index contributed by atoms with van der Waals surface area (Å²) < 4.78 is 6.23. The van der Waals surface area contributed by atoms with Gasteiger partial charge in [-0.1, -0.05) is 24.3 Å². The molecular weight excluding hydrogens is 412 g/mol. The standard InChI is InChI=1S/C18H15BrN6O2/c1-27-15-7-6-13(19)16-12(15)8-14(21-16)18(26)20-9-10-2-4-11(5-3-10)17-22-24-25-23-17/h2-8,21H,9H2,1H3,(H,20,26)(H,22,23,24,25). The molecule has 0 saturated heterocycles. The molecule has 3 N–H and O–H groups in total. The molecule has 0 radical (unpaired) electrons. The summed E-state index contributed by atoms with van der Waals surface area (Å²) in [6.45, 7) is 0.402. The van der Waals surface area contributed by atoms with Gasteiger partial charge in [0.25, 0.3) is 5.91 Å². The van der Waals surface area contributed by atoms with Gasteiger partial charge in [0, 0.05) is 22.0 Å². The predicted molar refractivity (Wildman–Crippen MR) is 103 cm³/mol. The molecule has 0 aliphatic heterocycles. The van der Waals surface area contributed by atoms with Gasteiger partial charge in [0.05, 0.1) is 12.6 Å². The van der Waals surface area contributed by atoms with Crippen LogP contribution >= 0.6 is 15.9 Å². The van der Waals surface area contributed by atoms with Crippen LogP contribution in [0.15, 0.2) is 46.9 Å². The zero-order chi connectivity index (χ0) is 18.8. The van der Waals surface area contributed by atoms with Crippen LogP contribution in [0.5, 0.6) is 5.75 Å². The van der Waals surface area contributed by atoms with E-state index in [-0.39, 0.29) is 5.91 Å². The molecule has 2 heterocycles. The molecular formula is C18H15BrN6O2. The summed E-state index contributed by atoms with van der Waals surface area (Å²) in [6.07, 6.45) is 0. The van der Waals surface area contributed by atoms with Crippen LogP contribution in [-0.2, 0) is 6.54 Å². The van der Waals surface area contributed by atoms with Crippen molar-refractivity contribution in [3.63, 3.8) is 0 Å². The van der Waals surface area contributed by atoms with E-state index in [9.17, 15) is 4.79 Å². The Morgan fingerprint density at radius 2 is 2.04 bits per heavy atom. The highest BCUT2D eigenvalue weighted by Gasteiger charge is 2.14. The first-order valence-corrected chi connectivity index (χ1v) is 8.91. The summed E-state index contributed by atoms with van der Waals surface area (Å²) in [5.74, 6) is 1.05. The van der Waals surface area contributed by atoms with Gasteiger partial charge >= 0.3 is 0 Å². The van der Waals surface area contributed by atoms with E-state index in [1.165, 1.54) is 0 Å². The fraction of sp³-hybridized carbons (Fsp3) is 0.111. The van der Waals surface area contributed by atoms with Gasteiger partial charge in [-0.3, -0.25) is 4.79 Å². The summed E-state index contributed by atoms with van der Waals surface area (Å²) in [6, 6.07) is 13.1. The maximum atomic E-state index is 12.5. The van der Waals surface area contributed by atoms with Crippen LogP contribution in [0.4, 0.5) is 0 Å². The lowest BCUT2D eigenvalue weighted by atomic mass is 10.1. The smallest absolute Gasteiger partial charge is 0.267 e. The number of amides is 1. The monoisotopic (exact) mass is 426 g/mol. The number of tetrazole rings is 1. The van der Waals surface area contributed by atoms with Gasteiger partial charge in [-0.05, 0) is 44.9 Å². The second kappa shape index (κ2) is 7.20. The first-order valence-electron chi connectivity index (χ1n) is 8.12. The minimum atomic E-state index is -0.192. The van der Waals surface area contributed by atoms with E-state index in [0.29, 0.717) is 23.8 Å². The Balaban J connectivity index is 1.48. The first-order chi connectivity index (χ1) is 13.2. The predicted octanol–water partition coefficient (Wildman–Crippen LogP) is 3.05. The van der Waals surface area contributed by atoms with E-state index in [2.05, 4.69) is 46.9 Å². The Bertz CT molecular complexity index is 1090. The fourth-order valence-electron chi connectivity index (χ4n) is 2.79. The quantitative estimate of drug-likeness (QED) is 0.454. The van der Waals surface area contributed by atoms with Crippen molar-refractivity contribution in [1.29, 1.82) is 0 Å². The number of aromatic nitrogens is 5. The van der Waals surface area contributed by atoms with Crippen LogP contribution in [-0.4, -0.2) is 38.6 Å². The zero-order valence-electron chi connectivity index (χ0n) is 14.3. The van der Waals surface area contributed by atoms with Crippen molar-refractivity contribution in [2.45, 2.75) is 6.54 Å². The summed E-state index contributed by atoms with van der Waals surface area (Å²) in [5.41, 5.74) is 3.11. The molecule has 136 valence electrons. The molecule has 0 spiro atoms. The second-order valence-corrected chi connectivity index (χ2v) is 6.69. The van der Waals surface area contributed by atoms with Crippen LogP contribution in [0.2, 0.25) is 0 Å². The summed E-state index contributed by atoms with van der Waals surface area (Å²) in [4.78, 5) is 15.7. The highest BCUT2D eigenvalue weighted by molar-refractivity contribution is 9.10. The molecule has 27 heavy (non-hydrogen) atoms. The molecule has 0 unspecified atom stereocenters. The van der Waals surface area contributed by atoms with Gasteiger partial charge < -0.3 is 15.0 Å². The number of carbonyl (C=O) groups excluding carboxylic acids is 1. The number of fused-ring (bicyclic) bond motifs is 1. The molecule has 9 heteroatoms. The number of aromatic amines is 2. The van der Waals surface area contributed by atoms with E-state index in [1.54, 1.807) is 13.2 Å². The topological polar surface area (TPSA) is 109 Å². The number of halogens is 1. The number of rotatable bonds is 5. The number of hydrogen-bond acceptors (Lipinski definition) is 5. The molecule has 0 aliphatic carbocycles. The molecule has 0 saturated carbocycles. The van der Waals surface area contributed by atoms with E-state index >= 15 is 0 Å². The van der Waals surface area contributed by atoms with Gasteiger partial charge in [-0.15, -0.1) is 10.2 Å². The van der Waals surface area contributed by atoms with Crippen molar-refractivity contribution in [1.82, 2.24) is 30.9 Å². The van der Waals surface area contributed by atoms with Crippen molar-refractivity contribution in [3.8, 4) is 17.1 Å². The van der Waals surface area contributed by atoms with E-state index in [0.717, 1.165) is 26.5 Å². The Hall–Kier alpha value is -3.20. The Morgan fingerprint density at radius 1 is 1.22 bits per heavy atom. The van der Waals surface area contributed by atoms with Gasteiger partial charge in [0.1, 0.15) is 11.4 Å². The number of methoxy groups -OCH3 is 1. The van der Waals surface area contributed by atoms with Crippen molar-refractivity contribution >= 4 is 32.7 Å². The molecule has 0 fully saturated rings. The van der Waals surface area contributed by atoms with Crippen molar-refractivity contribution in [2.24, 2.45) is 0 Å². The lowest BCUT2D eigenvalue weighted by Crippen LogP contribution is -2.23. The number of carbonyl (C=O) groups is 1. The number of H-pyrrole nitrogens is 2. The maximum absolute atomic E-state index is 12.5. The minimum Gasteiger partial charge on any atom is -0.496 e. The summed E-state index contributed by atoms with van der Waals surface area (Å²) >= 11 is 3.49. The van der Waals surface area contributed by atoms with Crippen LogP contribution in [0.1, 0.15) is 16.1 Å². The van der Waals surface area contributed by atoms with Crippen LogP contribution in [0.3, 0.4) is 0 Å². The normalized spacial score (nSPS) is 10.9. The SMILES string of the molecule is COc1ccc(Br)c2[nH]c(C(=O)NCc3ccc(-c4nn[nH]n4)cc3)cc12. The third-order valence-corrected chi connectivity index (χ3v) is 4.84. The van der Waals surface area contributed by atoms with Crippen LogP contribution in [0.25, 0.3) is 22.3 Å². The molecule has 0 atom stereocenters. The van der Waals surface area contributed by atoms with Gasteiger partial charge in [0.2, 0.25) is 5.82 Å². The first kappa shape index (κ1) is 17.2. The lowest BCUT2D eigenvalue weighted by molar-refractivity contribution is 0.0947. The second-order valence-electron chi connectivity index (χ2n) is 5.84. The van der Waals surface area contributed by atoms with Crippen molar-refractivity contribution in [2.75, 3.05) is 7.11 Å². The van der Waals surface area contributed by atoms with Gasteiger partial charge in [-0.25, -0.2) is 0 Å². The molecule has 2 aromatic carbocycles. The lowest BCUT2D eigenvalue weighted by Gasteiger charge is -2.04. The minimum absolute atomic E-state index is 0.192. The van der Waals surface area contributed by atoms with Gasteiger partial charge in [-0.2, -0.15) is 5.21 Å². The number of nitrogens with one attached hydrogen (secondary N) is 3. The van der Waals surface area contributed by atoms with Crippen molar-refractivity contribution < 1.29 is 9.53 Å². The van der Waals surface area contributed by atoms with Gasteiger partial charge in [0.15, 0.2) is 0 Å². The highest BCUT2D eigenvalue weighted by Crippen LogP contribution is 2.31. The zero-order valence-corrected chi connectivity index (χ0v) is 15.9. The number of benzene rings is 2. The van der Waals surface area contributed by atoms with Crippen molar-refractivity contribution in [3.05, 3.63) is 58.2 Å². The molecule has 2 aromatic heterocycles. The number of ether oxygens (including phenoxy) is 1. The molecule has 1 amide bonds. The summed E-state index contributed by atoms with van der Waals surface area (Å²) in [5, 5.41) is 17.6. The third kappa shape index (κ3) is 3.41. The maximum Gasteiger partial charge on any atom is 0.267 e. The number of nitrogens with zero attached hydrogens (tertiary/aromatic N) is 3. The Labute approximate surface area is 162 Å². The largest absolute Gasteiger partial charge is 0.496 e. The average molecular weight is 427 g/mol. The Kier molecular flexibility index (Phi) is 4.59. The molecule has 0 aliphatic rings. The summed E-state index contributed by atoms with van der Waals surface area (Å²) in [7, 11) is 1.60. The van der Waals surface area contributed by atoms with Crippen LogP contribution < -0.4 is 10.1 Å². The Morgan fingerprint density at radius 3 is 2.74 bits per heavy atom. The van der Waals surface area contributed by atoms with E-state index in [1.807, 2.05) is 36.4 Å². The average Bonchev–Trinajstić information content (AvgIpc) is 3.37. The molecule has 0 bridgehead atoms. The highest BCUT2D eigenvalue weighted by atomic mass is 79.9. The molecule has 8 nitrogen and oxygen atoms in total. The van der Waals surface area contributed by atoms with E-state index in [4.69, 9.17) is 4.74 Å².